The number of amides is 1. The summed E-state index contributed by atoms with van der Waals surface area (Å²) in [5, 5.41) is 1.46. The molecule has 21 heavy (non-hydrogen) atoms. The summed E-state index contributed by atoms with van der Waals surface area (Å²) in [5.74, 6) is 0.568. The molecule has 2 aliphatic rings. The first kappa shape index (κ1) is 14.9. The number of aryl methyl sites for hydroxylation is 1. The smallest absolute Gasteiger partial charge is 0.239 e. The first-order valence-corrected chi connectivity index (χ1v) is 8.39. The number of nitrogens with zero attached hydrogens (tertiary/aromatic N) is 2. The highest BCUT2D eigenvalue weighted by molar-refractivity contribution is 8.15. The van der Waals surface area contributed by atoms with Crippen LogP contribution in [0.5, 0.6) is 0 Å². The molecule has 1 unspecified atom stereocenters. The van der Waals surface area contributed by atoms with Gasteiger partial charge in [0.2, 0.25) is 5.91 Å². The van der Waals surface area contributed by atoms with Crippen molar-refractivity contribution in [3.05, 3.63) is 28.8 Å². The van der Waals surface area contributed by atoms with Gasteiger partial charge in [-0.25, -0.2) is 4.99 Å². The highest BCUT2D eigenvalue weighted by atomic mass is 35.5. The number of thioether (sulfide) groups is 1. The molecule has 0 aromatic heterocycles. The van der Waals surface area contributed by atoms with Crippen LogP contribution in [0.2, 0.25) is 5.02 Å². The first-order valence-electron chi connectivity index (χ1n) is 7.03. The van der Waals surface area contributed by atoms with Gasteiger partial charge in [0, 0.05) is 11.6 Å². The largest absolute Gasteiger partial charge is 0.376 e. The lowest BCUT2D eigenvalue weighted by Gasteiger charge is -2.20. The SMILES string of the molecule is Cc1cc(Cl)ccc1N=C1SCC(=O)N1CC1CCCO1. The van der Waals surface area contributed by atoms with E-state index < -0.39 is 0 Å². The second-order valence-electron chi connectivity index (χ2n) is 5.25. The number of hydrogen-bond donors (Lipinski definition) is 0. The van der Waals surface area contributed by atoms with E-state index in [1.54, 1.807) is 4.90 Å². The minimum absolute atomic E-state index is 0.112. The van der Waals surface area contributed by atoms with E-state index >= 15 is 0 Å². The molecule has 2 heterocycles. The molecule has 2 aliphatic heterocycles. The molecule has 1 amide bonds. The van der Waals surface area contributed by atoms with Gasteiger partial charge in [-0.1, -0.05) is 23.4 Å². The number of hydrogen-bond acceptors (Lipinski definition) is 4. The van der Waals surface area contributed by atoms with Crippen molar-refractivity contribution in [1.29, 1.82) is 0 Å². The summed E-state index contributed by atoms with van der Waals surface area (Å²) in [5.41, 5.74) is 1.86. The minimum atomic E-state index is 0.112. The number of carbonyl (C=O) groups is 1. The summed E-state index contributed by atoms with van der Waals surface area (Å²) in [4.78, 5) is 18.5. The third kappa shape index (κ3) is 3.42. The summed E-state index contributed by atoms with van der Waals surface area (Å²) >= 11 is 7.45. The molecular weight excluding hydrogens is 308 g/mol. The third-order valence-corrected chi connectivity index (χ3v) is 4.84. The summed E-state index contributed by atoms with van der Waals surface area (Å²) in [6.07, 6.45) is 2.23. The van der Waals surface area contributed by atoms with E-state index in [0.29, 0.717) is 17.3 Å². The normalized spacial score (nSPS) is 24.3. The van der Waals surface area contributed by atoms with Gasteiger partial charge in [-0.05, 0) is 43.5 Å². The molecule has 1 aromatic carbocycles. The van der Waals surface area contributed by atoms with Gasteiger partial charge in [0.05, 0.1) is 24.1 Å². The second kappa shape index (κ2) is 6.38. The zero-order valence-electron chi connectivity index (χ0n) is 11.8. The molecule has 1 aromatic rings. The van der Waals surface area contributed by atoms with E-state index in [1.807, 2.05) is 25.1 Å². The Bertz CT molecular complexity index is 585. The Hall–Kier alpha value is -1.04. The lowest BCUT2D eigenvalue weighted by atomic mass is 10.2. The summed E-state index contributed by atoms with van der Waals surface area (Å²) < 4.78 is 5.63. The van der Waals surface area contributed by atoms with E-state index in [0.717, 1.165) is 35.9 Å². The van der Waals surface area contributed by atoms with Crippen LogP contribution < -0.4 is 0 Å². The van der Waals surface area contributed by atoms with E-state index in [-0.39, 0.29) is 12.0 Å². The second-order valence-corrected chi connectivity index (χ2v) is 6.63. The fourth-order valence-corrected chi connectivity index (χ4v) is 3.63. The molecule has 112 valence electrons. The van der Waals surface area contributed by atoms with Crippen molar-refractivity contribution in [2.45, 2.75) is 25.9 Å². The maximum absolute atomic E-state index is 12.0. The predicted octanol–water partition coefficient (Wildman–Crippen LogP) is 3.39. The molecule has 0 spiro atoms. The molecular formula is C15H17ClN2O2S. The van der Waals surface area contributed by atoms with Crippen LogP contribution in [0.4, 0.5) is 5.69 Å². The van der Waals surface area contributed by atoms with Crippen molar-refractivity contribution in [3.8, 4) is 0 Å². The van der Waals surface area contributed by atoms with Gasteiger partial charge in [-0.15, -0.1) is 0 Å². The van der Waals surface area contributed by atoms with Gasteiger partial charge >= 0.3 is 0 Å². The van der Waals surface area contributed by atoms with Crippen molar-refractivity contribution in [2.75, 3.05) is 18.9 Å². The third-order valence-electron chi connectivity index (χ3n) is 3.64. The zero-order chi connectivity index (χ0) is 14.8. The van der Waals surface area contributed by atoms with Gasteiger partial charge in [-0.2, -0.15) is 0 Å². The summed E-state index contributed by atoms with van der Waals surface area (Å²) in [6, 6.07) is 5.59. The molecule has 0 N–H and O–H groups in total. The fourth-order valence-electron chi connectivity index (χ4n) is 2.50. The predicted molar refractivity (Wildman–Crippen MR) is 86.4 cm³/mol. The van der Waals surface area contributed by atoms with Crippen LogP contribution in [0, 0.1) is 6.92 Å². The van der Waals surface area contributed by atoms with Gasteiger partial charge in [0.25, 0.3) is 0 Å². The van der Waals surface area contributed by atoms with Crippen LogP contribution in [0.1, 0.15) is 18.4 Å². The van der Waals surface area contributed by atoms with E-state index in [9.17, 15) is 4.79 Å². The molecule has 0 bridgehead atoms. The van der Waals surface area contributed by atoms with Gasteiger partial charge in [0.1, 0.15) is 0 Å². The van der Waals surface area contributed by atoms with Crippen LogP contribution in [0.25, 0.3) is 0 Å². The number of amidine groups is 1. The highest BCUT2D eigenvalue weighted by Crippen LogP contribution is 2.28. The average Bonchev–Trinajstić information content (AvgIpc) is 3.07. The van der Waals surface area contributed by atoms with Gasteiger partial charge in [0.15, 0.2) is 5.17 Å². The Kier molecular flexibility index (Phi) is 4.52. The number of rotatable bonds is 3. The van der Waals surface area contributed by atoms with Crippen LogP contribution in [-0.4, -0.2) is 41.0 Å². The Morgan fingerprint density at radius 2 is 2.38 bits per heavy atom. The van der Waals surface area contributed by atoms with Crippen molar-refractivity contribution in [1.82, 2.24) is 4.90 Å². The Morgan fingerprint density at radius 1 is 1.52 bits per heavy atom. The highest BCUT2D eigenvalue weighted by Gasteiger charge is 2.31. The molecule has 0 aliphatic carbocycles. The summed E-state index contributed by atoms with van der Waals surface area (Å²) in [7, 11) is 0. The van der Waals surface area contributed by atoms with Gasteiger partial charge in [-0.3, -0.25) is 9.69 Å². The topological polar surface area (TPSA) is 41.9 Å². The number of halogens is 1. The number of benzene rings is 1. The van der Waals surface area contributed by atoms with Crippen molar-refractivity contribution >= 4 is 40.1 Å². The quantitative estimate of drug-likeness (QED) is 0.856. The molecule has 2 saturated heterocycles. The minimum Gasteiger partial charge on any atom is -0.376 e. The standard InChI is InChI=1S/C15H17ClN2O2S/c1-10-7-11(16)4-5-13(10)17-15-18(14(19)9-21-15)8-12-3-2-6-20-12/h4-5,7,12H,2-3,6,8-9H2,1H3. The molecule has 0 saturated carbocycles. The average molecular weight is 325 g/mol. The first-order chi connectivity index (χ1) is 10.1. The van der Waals surface area contributed by atoms with Crippen LogP contribution >= 0.6 is 23.4 Å². The Morgan fingerprint density at radius 3 is 3.10 bits per heavy atom. The van der Waals surface area contributed by atoms with Crippen LogP contribution in [0.15, 0.2) is 23.2 Å². The molecule has 0 radical (unpaired) electrons. The molecule has 2 fully saturated rings. The van der Waals surface area contributed by atoms with E-state index in [4.69, 9.17) is 16.3 Å². The maximum Gasteiger partial charge on any atom is 0.239 e. The molecule has 1 atom stereocenters. The lowest BCUT2D eigenvalue weighted by Crippen LogP contribution is -2.36. The van der Waals surface area contributed by atoms with Crippen molar-refractivity contribution in [2.24, 2.45) is 4.99 Å². The maximum atomic E-state index is 12.0. The zero-order valence-corrected chi connectivity index (χ0v) is 13.4. The molecule has 4 nitrogen and oxygen atoms in total. The van der Waals surface area contributed by atoms with Crippen molar-refractivity contribution < 1.29 is 9.53 Å². The monoisotopic (exact) mass is 324 g/mol. The molecule has 3 rings (SSSR count). The fraction of sp³-hybridized carbons (Fsp3) is 0.467. The van der Waals surface area contributed by atoms with E-state index in [2.05, 4.69) is 4.99 Å². The number of aliphatic imine (C=N–C) groups is 1. The number of ether oxygens (including phenoxy) is 1. The summed E-state index contributed by atoms with van der Waals surface area (Å²) in [6.45, 7) is 3.37. The van der Waals surface area contributed by atoms with Gasteiger partial charge < -0.3 is 4.74 Å². The lowest BCUT2D eigenvalue weighted by molar-refractivity contribution is -0.125. The molecule has 6 heteroatoms. The van der Waals surface area contributed by atoms with Crippen molar-refractivity contribution in [3.63, 3.8) is 0 Å². The van der Waals surface area contributed by atoms with Crippen LogP contribution in [0.3, 0.4) is 0 Å². The Balaban J connectivity index is 1.81. The number of carbonyl (C=O) groups excluding carboxylic acids is 1. The van der Waals surface area contributed by atoms with Crippen LogP contribution in [-0.2, 0) is 9.53 Å². The Labute approximate surface area is 133 Å². The van der Waals surface area contributed by atoms with E-state index in [1.165, 1.54) is 11.8 Å².